The Kier molecular flexibility index (Phi) is 3.63. The van der Waals surface area contributed by atoms with E-state index in [2.05, 4.69) is 28.8 Å². The van der Waals surface area contributed by atoms with Gasteiger partial charge in [0.05, 0.1) is 16.6 Å². The first kappa shape index (κ1) is 17.4. The SMILES string of the molecule is Cc1c(C(=O)N2C[C@@H]3C[C@@]4(C)[C@H](CCC[C@@H]24)N3C)sc2ncn(C)c(=O)c12. The summed E-state index contributed by atoms with van der Waals surface area (Å²) in [6.45, 7) is 5.07. The number of thiophene rings is 1. The van der Waals surface area contributed by atoms with Gasteiger partial charge in [0.2, 0.25) is 0 Å². The summed E-state index contributed by atoms with van der Waals surface area (Å²) in [6, 6.07) is 1.32. The number of nitrogens with zero attached hydrogens (tertiary/aromatic N) is 4. The van der Waals surface area contributed by atoms with Crippen LogP contribution in [0, 0.1) is 12.3 Å². The number of piperidine rings is 1. The summed E-state index contributed by atoms with van der Waals surface area (Å²) in [4.78, 5) is 36.6. The molecule has 3 fully saturated rings. The molecule has 0 N–H and O–H groups in total. The molecule has 0 spiro atoms. The molecule has 27 heavy (non-hydrogen) atoms. The highest BCUT2D eigenvalue weighted by Gasteiger charge is 2.59. The first-order valence-corrected chi connectivity index (χ1v) is 10.6. The number of amides is 1. The van der Waals surface area contributed by atoms with E-state index in [0.29, 0.717) is 33.2 Å². The number of aromatic nitrogens is 2. The van der Waals surface area contributed by atoms with Crippen molar-refractivity contribution in [3.63, 3.8) is 0 Å². The minimum atomic E-state index is -0.0732. The Hall–Kier alpha value is -1.73. The molecule has 1 amide bonds. The molecule has 0 unspecified atom stereocenters. The molecule has 1 saturated carbocycles. The third-order valence-corrected chi connectivity index (χ3v) is 8.66. The van der Waals surface area contributed by atoms with E-state index in [-0.39, 0.29) is 16.9 Å². The zero-order chi connectivity index (χ0) is 19.1. The third kappa shape index (κ3) is 2.18. The second kappa shape index (κ2) is 5.64. The molecular formula is C20H26N4O2S. The Morgan fingerprint density at radius 3 is 2.81 bits per heavy atom. The van der Waals surface area contributed by atoms with E-state index in [9.17, 15) is 9.59 Å². The van der Waals surface area contributed by atoms with Crippen LogP contribution in [0.15, 0.2) is 11.1 Å². The maximum absolute atomic E-state index is 13.6. The molecule has 4 atom stereocenters. The van der Waals surface area contributed by atoms with Crippen molar-refractivity contribution in [3.8, 4) is 0 Å². The van der Waals surface area contributed by atoms with Gasteiger partial charge in [0.15, 0.2) is 0 Å². The van der Waals surface area contributed by atoms with Crippen molar-refractivity contribution in [2.24, 2.45) is 12.5 Å². The molecule has 3 aliphatic rings. The van der Waals surface area contributed by atoms with Crippen molar-refractivity contribution in [2.75, 3.05) is 13.6 Å². The van der Waals surface area contributed by atoms with Crippen LogP contribution in [0.3, 0.4) is 0 Å². The van der Waals surface area contributed by atoms with Crippen LogP contribution < -0.4 is 5.56 Å². The molecule has 1 aliphatic carbocycles. The number of likely N-dealkylation sites (N-methyl/N-ethyl adjacent to an activating group) is 1. The summed E-state index contributed by atoms with van der Waals surface area (Å²) in [6.07, 6.45) is 6.24. The zero-order valence-electron chi connectivity index (χ0n) is 16.4. The van der Waals surface area contributed by atoms with Crippen molar-refractivity contribution >= 4 is 27.5 Å². The zero-order valence-corrected chi connectivity index (χ0v) is 17.2. The molecule has 0 radical (unpaired) electrons. The van der Waals surface area contributed by atoms with Gasteiger partial charge in [-0.25, -0.2) is 4.98 Å². The predicted octanol–water partition coefficient (Wildman–Crippen LogP) is 2.39. The fourth-order valence-electron chi connectivity index (χ4n) is 6.06. The fraction of sp³-hybridized carbons (Fsp3) is 0.650. The van der Waals surface area contributed by atoms with E-state index in [1.807, 2.05) is 6.92 Å². The van der Waals surface area contributed by atoms with Crippen molar-refractivity contribution < 1.29 is 4.79 Å². The normalized spacial score (nSPS) is 33.0. The van der Waals surface area contributed by atoms with E-state index in [1.54, 1.807) is 7.05 Å². The van der Waals surface area contributed by atoms with Crippen molar-refractivity contribution in [3.05, 3.63) is 27.1 Å². The molecule has 4 heterocycles. The molecule has 0 aromatic carbocycles. The lowest BCUT2D eigenvalue weighted by Crippen LogP contribution is -2.57. The van der Waals surface area contributed by atoms with Gasteiger partial charge in [0.25, 0.3) is 11.5 Å². The number of hydrogen-bond donors (Lipinski definition) is 0. The van der Waals surface area contributed by atoms with Crippen LogP contribution >= 0.6 is 11.3 Å². The Morgan fingerprint density at radius 2 is 2.04 bits per heavy atom. The van der Waals surface area contributed by atoms with Gasteiger partial charge in [0, 0.05) is 37.1 Å². The molecule has 144 valence electrons. The number of carbonyl (C=O) groups excluding carboxylic acids is 1. The maximum atomic E-state index is 13.6. The second-order valence-electron chi connectivity index (χ2n) is 8.85. The average Bonchev–Trinajstić information content (AvgIpc) is 3.10. The van der Waals surface area contributed by atoms with E-state index < -0.39 is 0 Å². The number of fused-ring (bicyclic) bond motifs is 2. The predicted molar refractivity (Wildman–Crippen MR) is 106 cm³/mol. The van der Waals surface area contributed by atoms with Crippen LogP contribution in [0.2, 0.25) is 0 Å². The van der Waals surface area contributed by atoms with Gasteiger partial charge >= 0.3 is 0 Å². The number of hydrogen-bond acceptors (Lipinski definition) is 5. The van der Waals surface area contributed by atoms with Gasteiger partial charge < -0.3 is 9.47 Å². The third-order valence-electron chi connectivity index (χ3n) is 7.47. The molecule has 2 aromatic heterocycles. The average molecular weight is 387 g/mol. The van der Waals surface area contributed by atoms with Gasteiger partial charge in [-0.1, -0.05) is 6.92 Å². The van der Waals surface area contributed by atoms with Crippen molar-refractivity contribution in [1.82, 2.24) is 19.4 Å². The Morgan fingerprint density at radius 1 is 1.30 bits per heavy atom. The smallest absolute Gasteiger partial charge is 0.264 e. The van der Waals surface area contributed by atoms with E-state index in [0.717, 1.165) is 18.5 Å². The highest BCUT2D eigenvalue weighted by molar-refractivity contribution is 7.20. The highest BCUT2D eigenvalue weighted by atomic mass is 32.1. The highest BCUT2D eigenvalue weighted by Crippen LogP contribution is 2.54. The van der Waals surface area contributed by atoms with Gasteiger partial charge in [0.1, 0.15) is 4.83 Å². The fourth-order valence-corrected chi connectivity index (χ4v) is 7.16. The number of likely N-dealkylation sites (tertiary alicyclic amines) is 2. The first-order valence-electron chi connectivity index (χ1n) is 9.80. The summed E-state index contributed by atoms with van der Waals surface area (Å²) in [5, 5.41) is 0.596. The summed E-state index contributed by atoms with van der Waals surface area (Å²) < 4.78 is 1.49. The van der Waals surface area contributed by atoms with Crippen LogP contribution in [0.1, 0.15) is 47.8 Å². The summed E-state index contributed by atoms with van der Waals surface area (Å²) >= 11 is 1.37. The van der Waals surface area contributed by atoms with Crippen LogP contribution in [0.25, 0.3) is 10.2 Å². The van der Waals surface area contributed by atoms with Crippen LogP contribution in [0.4, 0.5) is 0 Å². The van der Waals surface area contributed by atoms with Crippen LogP contribution in [0.5, 0.6) is 0 Å². The number of rotatable bonds is 1. The van der Waals surface area contributed by atoms with E-state index >= 15 is 0 Å². The molecular weight excluding hydrogens is 360 g/mol. The summed E-state index contributed by atoms with van der Waals surface area (Å²) in [7, 11) is 3.93. The maximum Gasteiger partial charge on any atom is 0.264 e. The molecule has 6 nitrogen and oxygen atoms in total. The second-order valence-corrected chi connectivity index (χ2v) is 9.85. The Labute approximate surface area is 162 Å². The lowest BCUT2D eigenvalue weighted by atomic mass is 9.66. The topological polar surface area (TPSA) is 58.4 Å². The largest absolute Gasteiger partial charge is 0.333 e. The van der Waals surface area contributed by atoms with Crippen molar-refractivity contribution in [1.29, 1.82) is 0 Å². The minimum absolute atomic E-state index is 0.0732. The van der Waals surface area contributed by atoms with Gasteiger partial charge in [-0.2, -0.15) is 0 Å². The summed E-state index contributed by atoms with van der Waals surface area (Å²) in [5.41, 5.74) is 0.901. The molecule has 2 aromatic rings. The van der Waals surface area contributed by atoms with E-state index in [4.69, 9.17) is 0 Å². The van der Waals surface area contributed by atoms with Gasteiger partial charge in [-0.15, -0.1) is 11.3 Å². The summed E-state index contributed by atoms with van der Waals surface area (Å²) in [5.74, 6) is 0.0921. The quantitative estimate of drug-likeness (QED) is 0.755. The standard InChI is InChI=1S/C20H26N4O2S/c1-11-15-17(21-10-22(3)18(15)25)27-16(11)19(26)24-9-12-8-20(2)13(23(12)4)6-5-7-14(20)24/h10,12-14H,5-9H2,1-4H3/t12-,13-,14+,20-/m0/s1. The number of aryl methyl sites for hydroxylation is 2. The number of carbonyl (C=O) groups is 1. The molecule has 5 rings (SSSR count). The minimum Gasteiger partial charge on any atom is -0.333 e. The monoisotopic (exact) mass is 386 g/mol. The van der Waals surface area contributed by atoms with Gasteiger partial charge in [-0.05, 0) is 45.2 Å². The lowest BCUT2D eigenvalue weighted by Gasteiger charge is -2.50. The van der Waals surface area contributed by atoms with Gasteiger partial charge in [-0.3, -0.25) is 14.5 Å². The van der Waals surface area contributed by atoms with E-state index in [1.165, 1.54) is 41.5 Å². The Balaban J connectivity index is 1.59. The lowest BCUT2D eigenvalue weighted by molar-refractivity contribution is 0.0120. The van der Waals surface area contributed by atoms with Crippen LogP contribution in [-0.4, -0.2) is 57.0 Å². The molecule has 2 aliphatic heterocycles. The van der Waals surface area contributed by atoms with Crippen molar-refractivity contribution in [2.45, 2.75) is 57.7 Å². The molecule has 2 saturated heterocycles. The first-order chi connectivity index (χ1) is 12.8. The molecule has 2 bridgehead atoms. The van der Waals surface area contributed by atoms with Crippen LogP contribution in [-0.2, 0) is 7.05 Å². The Bertz CT molecular complexity index is 1010. The molecule has 7 heteroatoms.